The number of nitrogens with one attached hydrogen (secondary N) is 1. The van der Waals surface area contributed by atoms with Gasteiger partial charge in [0.25, 0.3) is 0 Å². The summed E-state index contributed by atoms with van der Waals surface area (Å²) >= 11 is 0.398. The normalized spacial score (nSPS) is 11.5. The average Bonchev–Trinajstić information content (AvgIpc) is 2.69. The Bertz CT molecular complexity index is 1210. The Hall–Kier alpha value is -1.44. The van der Waals surface area contributed by atoms with Gasteiger partial charge in [0.05, 0.1) is 0 Å². The van der Waals surface area contributed by atoms with Crippen molar-refractivity contribution in [2.45, 2.75) is 9.79 Å². The molecule has 0 saturated carbocycles. The number of fused-ring (bicyclic) bond motifs is 1. The van der Waals surface area contributed by atoms with Crippen LogP contribution in [0.3, 0.4) is 0 Å². The summed E-state index contributed by atoms with van der Waals surface area (Å²) in [6.07, 6.45) is 1.53. The molecule has 0 aliphatic rings. The second kappa shape index (κ2) is 7.89. The van der Waals surface area contributed by atoms with Crippen LogP contribution in [0.2, 0.25) is 0 Å². The Morgan fingerprint density at radius 3 is 2.26 bits per heavy atom. The molecule has 0 saturated heterocycles. The first kappa shape index (κ1) is 18.9. The van der Waals surface area contributed by atoms with Gasteiger partial charge in [-0.2, -0.15) is 0 Å². The second-order valence-electron chi connectivity index (χ2n) is 6.21. The third-order valence-electron chi connectivity index (χ3n) is 4.27. The summed E-state index contributed by atoms with van der Waals surface area (Å²) in [5.74, 6) is 0.716. The van der Waals surface area contributed by atoms with Crippen molar-refractivity contribution >= 4 is 86.4 Å². The fourth-order valence-electron chi connectivity index (χ4n) is 2.86. The second-order valence-corrected chi connectivity index (χ2v) is 11.0. The molecule has 1 aromatic heterocycles. The van der Waals surface area contributed by atoms with E-state index in [4.69, 9.17) is 0 Å². The standard InChI is InChI=1S/C20H14N3O2S.Rb/c24-26(25,16-6-2-1-3-7-16)17-12-10-15(11-13-17)23-20-18-8-4-5-9-19(18)21-14-22-20;/h1-3,5-14H,(H,21,22,23);. The maximum atomic E-state index is 12.7. The number of aromatic nitrogens is 2. The molecule has 27 heavy (non-hydrogen) atoms. The molecule has 0 spiro atoms. The number of sulfone groups is 1. The summed E-state index contributed by atoms with van der Waals surface area (Å²) in [7, 11) is -3.52. The molecule has 0 atom stereocenters. The monoisotopic (exact) mass is 445 g/mol. The molecule has 3 aromatic carbocycles. The van der Waals surface area contributed by atoms with E-state index in [1.54, 1.807) is 54.6 Å². The van der Waals surface area contributed by atoms with Crippen molar-refractivity contribution in [1.29, 1.82) is 0 Å². The number of hydrogen-bond acceptors (Lipinski definition) is 5. The number of hydrogen-bond donors (Lipinski definition) is 1. The molecule has 5 nitrogen and oxygen atoms in total. The third kappa shape index (κ3) is 4.05. The first-order valence-electron chi connectivity index (χ1n) is 8.43. The Kier molecular flexibility index (Phi) is 5.52. The van der Waals surface area contributed by atoms with Crippen molar-refractivity contribution in [3.05, 3.63) is 79.1 Å². The Labute approximate surface area is 196 Å². The molecule has 1 heterocycles. The molecule has 0 amide bonds. The molecular formula is C20H14N3O2RbS. The van der Waals surface area contributed by atoms with Crippen LogP contribution in [0.5, 0.6) is 0 Å². The SMILES string of the molecule is O=S(=O)(c1ccccc1)c1ccc(Nc2ncnc3cc[c]([Rb])cc23)cc1. The first-order chi connectivity index (χ1) is 13.0. The Morgan fingerprint density at radius 2 is 1.52 bits per heavy atom. The van der Waals surface area contributed by atoms with Gasteiger partial charge in [0, 0.05) is 0 Å². The fourth-order valence-corrected chi connectivity index (χ4v) is 5.26. The van der Waals surface area contributed by atoms with Crippen molar-refractivity contribution in [2.24, 2.45) is 0 Å². The molecule has 4 rings (SSSR count). The van der Waals surface area contributed by atoms with Crippen molar-refractivity contribution in [1.82, 2.24) is 9.97 Å². The summed E-state index contributed by atoms with van der Waals surface area (Å²) in [5, 5.41) is 4.24. The third-order valence-corrected chi connectivity index (χ3v) is 7.59. The molecule has 7 heteroatoms. The van der Waals surface area contributed by atoms with Crippen molar-refractivity contribution in [3.63, 3.8) is 0 Å². The van der Waals surface area contributed by atoms with Gasteiger partial charge in [-0.25, -0.2) is 0 Å². The van der Waals surface area contributed by atoms with Crippen LogP contribution in [0.1, 0.15) is 0 Å². The van der Waals surface area contributed by atoms with Gasteiger partial charge in [-0.15, -0.1) is 0 Å². The van der Waals surface area contributed by atoms with Crippen molar-refractivity contribution < 1.29 is 8.42 Å². The summed E-state index contributed by atoms with van der Waals surface area (Å²) < 4.78 is 26.7. The molecule has 0 fully saturated rings. The molecule has 0 unspecified atom stereocenters. The van der Waals surface area contributed by atoms with Gasteiger partial charge >= 0.3 is 181 Å². The van der Waals surface area contributed by atoms with Gasteiger partial charge in [0.2, 0.25) is 0 Å². The van der Waals surface area contributed by atoms with E-state index in [0.717, 1.165) is 16.6 Å². The minimum atomic E-state index is -3.52. The van der Waals surface area contributed by atoms with E-state index in [0.29, 0.717) is 61.4 Å². The van der Waals surface area contributed by atoms with E-state index < -0.39 is 9.84 Å². The zero-order valence-electron chi connectivity index (χ0n) is 14.6. The number of anilines is 2. The fraction of sp³-hybridized carbons (Fsp3) is 0. The first-order valence-corrected chi connectivity index (χ1v) is 12.4. The van der Waals surface area contributed by atoms with E-state index in [9.17, 15) is 8.42 Å². The average molecular weight is 446 g/mol. The van der Waals surface area contributed by atoms with Crippen LogP contribution in [0.25, 0.3) is 10.9 Å². The van der Waals surface area contributed by atoms with Crippen LogP contribution in [0, 0.1) is 0 Å². The zero-order chi connectivity index (χ0) is 18.9. The van der Waals surface area contributed by atoms with Gasteiger partial charge in [-0.1, -0.05) is 18.2 Å². The van der Waals surface area contributed by atoms with Crippen molar-refractivity contribution in [3.8, 4) is 0 Å². The van der Waals surface area contributed by atoms with Crippen LogP contribution >= 0.6 is 0 Å². The van der Waals surface area contributed by atoms with E-state index in [1.807, 2.05) is 6.07 Å². The molecule has 0 aliphatic heterocycles. The van der Waals surface area contributed by atoms with E-state index in [-0.39, 0.29) is 9.79 Å². The predicted molar refractivity (Wildman–Crippen MR) is 107 cm³/mol. The quantitative estimate of drug-likeness (QED) is 0.523. The molecule has 1 N–H and O–H groups in total. The maximum absolute atomic E-state index is 12.7. The van der Waals surface area contributed by atoms with Crippen molar-refractivity contribution in [2.75, 3.05) is 5.32 Å². The van der Waals surface area contributed by atoms with E-state index in [1.165, 1.54) is 4.96 Å². The van der Waals surface area contributed by atoms with Gasteiger partial charge in [0.1, 0.15) is 0 Å². The van der Waals surface area contributed by atoms with Gasteiger partial charge in [-0.3, -0.25) is 0 Å². The summed E-state index contributed by atoms with van der Waals surface area (Å²) in [5.41, 5.74) is 1.65. The number of rotatable bonds is 4. The summed E-state index contributed by atoms with van der Waals surface area (Å²) in [6, 6.07) is 21.4. The molecule has 0 radical (unpaired) electrons. The predicted octanol–water partition coefficient (Wildman–Crippen LogP) is 3.00. The van der Waals surface area contributed by atoms with E-state index >= 15 is 0 Å². The molecule has 128 valence electrons. The topological polar surface area (TPSA) is 72.0 Å². The van der Waals surface area contributed by atoms with Gasteiger partial charge in [0.15, 0.2) is 0 Å². The van der Waals surface area contributed by atoms with Crippen LogP contribution in [-0.4, -0.2) is 73.9 Å². The molecule has 0 bridgehead atoms. The summed E-state index contributed by atoms with van der Waals surface area (Å²) in [4.78, 5) is 9.19. The molecular weight excluding hydrogens is 432 g/mol. The van der Waals surface area contributed by atoms with E-state index in [2.05, 4.69) is 27.4 Å². The van der Waals surface area contributed by atoms with Gasteiger partial charge < -0.3 is 0 Å². The zero-order valence-corrected chi connectivity index (χ0v) is 20.4. The number of nitrogens with zero attached hydrogens (tertiary/aromatic N) is 2. The summed E-state index contributed by atoms with van der Waals surface area (Å²) in [6.45, 7) is 0. The Morgan fingerprint density at radius 1 is 0.815 bits per heavy atom. The number of benzene rings is 3. The van der Waals surface area contributed by atoms with Gasteiger partial charge in [-0.05, 0) is 0 Å². The van der Waals surface area contributed by atoms with Crippen LogP contribution in [0.15, 0.2) is 88.9 Å². The minimum absolute atomic E-state index is 0.261. The molecule has 4 aromatic rings. The van der Waals surface area contributed by atoms with Crippen LogP contribution in [-0.2, 0) is 9.84 Å². The van der Waals surface area contributed by atoms with Crippen LogP contribution < -0.4 is 3.95 Å². The Balaban J connectivity index is 1.65. The molecule has 0 aliphatic carbocycles. The van der Waals surface area contributed by atoms with Crippen LogP contribution in [0.4, 0.5) is 11.5 Å².